The summed E-state index contributed by atoms with van der Waals surface area (Å²) in [7, 11) is 1.61. The Kier molecular flexibility index (Phi) is 6.21. The van der Waals surface area contributed by atoms with E-state index < -0.39 is 18.6 Å². The average Bonchev–Trinajstić information content (AvgIpc) is 3.17. The average molecular weight is 462 g/mol. The number of alkyl halides is 3. The van der Waals surface area contributed by atoms with E-state index in [-0.39, 0.29) is 30.5 Å². The highest BCUT2D eigenvalue weighted by atomic mass is 127. The lowest BCUT2D eigenvalue weighted by atomic mass is 9.82. The number of nitrogens with one attached hydrogen (secondary N) is 2. The normalized spacial score (nSPS) is 31.7. The number of hydrogen-bond acceptors (Lipinski definition) is 3. The fourth-order valence-corrected chi connectivity index (χ4v) is 3.89. The number of guanidine groups is 1. The predicted molar refractivity (Wildman–Crippen MR) is 92.3 cm³/mol. The van der Waals surface area contributed by atoms with Gasteiger partial charge in [0.2, 0.25) is 5.91 Å². The van der Waals surface area contributed by atoms with Crippen molar-refractivity contribution in [1.82, 2.24) is 15.5 Å². The van der Waals surface area contributed by atoms with Gasteiger partial charge in [0, 0.05) is 32.0 Å². The van der Waals surface area contributed by atoms with Gasteiger partial charge in [-0.2, -0.15) is 13.2 Å². The first kappa shape index (κ1) is 19.5. The molecule has 1 amide bonds. The van der Waals surface area contributed by atoms with Gasteiger partial charge >= 0.3 is 6.18 Å². The summed E-state index contributed by atoms with van der Waals surface area (Å²) in [5, 5.41) is 4.68. The minimum Gasteiger partial charge on any atom is -0.374 e. The number of halogens is 4. The van der Waals surface area contributed by atoms with E-state index in [1.54, 1.807) is 7.05 Å². The van der Waals surface area contributed by atoms with Crippen molar-refractivity contribution < 1.29 is 22.7 Å². The molecule has 2 N–H and O–H groups in total. The minimum absolute atomic E-state index is 0. The number of carbonyl (C=O) groups excluding carboxylic acids is 1. The van der Waals surface area contributed by atoms with E-state index in [1.165, 1.54) is 0 Å². The van der Waals surface area contributed by atoms with Crippen LogP contribution in [0.25, 0.3) is 0 Å². The third kappa shape index (κ3) is 4.24. The summed E-state index contributed by atoms with van der Waals surface area (Å²) < 4.78 is 42.1. The Morgan fingerprint density at radius 2 is 1.79 bits per heavy atom. The number of aliphatic imine (C=N–C) groups is 1. The molecule has 3 heterocycles. The minimum atomic E-state index is -4.40. The Morgan fingerprint density at radius 1 is 1.21 bits per heavy atom. The highest BCUT2D eigenvalue weighted by molar-refractivity contribution is 14.0. The van der Waals surface area contributed by atoms with Crippen LogP contribution in [0.15, 0.2) is 4.99 Å². The summed E-state index contributed by atoms with van der Waals surface area (Å²) >= 11 is 0. The van der Waals surface area contributed by atoms with Crippen molar-refractivity contribution in [1.29, 1.82) is 0 Å². The van der Waals surface area contributed by atoms with E-state index in [0.717, 1.165) is 25.9 Å². The van der Waals surface area contributed by atoms with Crippen LogP contribution in [0.4, 0.5) is 13.2 Å². The molecule has 0 aliphatic carbocycles. The van der Waals surface area contributed by atoms with Crippen molar-refractivity contribution in [3.05, 3.63) is 0 Å². The van der Waals surface area contributed by atoms with Crippen molar-refractivity contribution in [3.63, 3.8) is 0 Å². The molecule has 0 aromatic rings. The number of likely N-dealkylation sites (tertiary alicyclic amines) is 1. The zero-order valence-electron chi connectivity index (χ0n) is 13.3. The molecule has 0 radical (unpaired) electrons. The SMILES string of the molecule is CN=C(NCC(=O)NCC(F)(F)F)N1CC2C3CCC(O3)C2C1.I. The second-order valence-electron chi connectivity index (χ2n) is 6.32. The fourth-order valence-electron chi connectivity index (χ4n) is 3.89. The molecule has 4 unspecified atom stereocenters. The zero-order chi connectivity index (χ0) is 16.6. The lowest BCUT2D eigenvalue weighted by Crippen LogP contribution is -2.46. The molecule has 2 bridgehead atoms. The molecule has 3 aliphatic rings. The summed E-state index contributed by atoms with van der Waals surface area (Å²) in [4.78, 5) is 17.7. The van der Waals surface area contributed by atoms with Gasteiger partial charge in [-0.1, -0.05) is 0 Å². The summed E-state index contributed by atoms with van der Waals surface area (Å²) in [6.45, 7) is 0.0873. The van der Waals surface area contributed by atoms with Crippen molar-refractivity contribution in [2.24, 2.45) is 16.8 Å². The van der Waals surface area contributed by atoms with Crippen LogP contribution in [0.3, 0.4) is 0 Å². The van der Waals surface area contributed by atoms with Crippen LogP contribution in [0.5, 0.6) is 0 Å². The van der Waals surface area contributed by atoms with Crippen LogP contribution in [-0.4, -0.2) is 68.4 Å². The number of rotatable bonds is 3. The largest absolute Gasteiger partial charge is 0.405 e. The Hall–Kier alpha value is -0.780. The first-order valence-electron chi connectivity index (χ1n) is 7.82. The summed E-state index contributed by atoms with van der Waals surface area (Å²) in [5.41, 5.74) is 0. The van der Waals surface area contributed by atoms with Gasteiger partial charge < -0.3 is 20.3 Å². The smallest absolute Gasteiger partial charge is 0.374 e. The molecule has 6 nitrogen and oxygen atoms in total. The van der Waals surface area contributed by atoms with Gasteiger partial charge in [-0.15, -0.1) is 24.0 Å². The molecule has 0 spiro atoms. The van der Waals surface area contributed by atoms with Gasteiger partial charge in [-0.25, -0.2) is 0 Å². The molecule has 0 aromatic carbocycles. The quantitative estimate of drug-likeness (QED) is 0.373. The molecule has 0 aromatic heterocycles. The van der Waals surface area contributed by atoms with E-state index in [0.29, 0.717) is 30.0 Å². The summed E-state index contributed by atoms with van der Waals surface area (Å²) in [5.74, 6) is 0.838. The van der Waals surface area contributed by atoms with Crippen LogP contribution in [0, 0.1) is 11.8 Å². The monoisotopic (exact) mass is 462 g/mol. The van der Waals surface area contributed by atoms with E-state index in [4.69, 9.17) is 4.74 Å². The van der Waals surface area contributed by atoms with Crippen LogP contribution < -0.4 is 10.6 Å². The third-order valence-electron chi connectivity index (χ3n) is 4.86. The maximum Gasteiger partial charge on any atom is 0.405 e. The summed E-state index contributed by atoms with van der Waals surface area (Å²) in [6, 6.07) is 0. The molecule has 10 heteroatoms. The number of ether oxygens (including phenoxy) is 1. The van der Waals surface area contributed by atoms with Crippen molar-refractivity contribution >= 4 is 35.8 Å². The van der Waals surface area contributed by atoms with E-state index in [2.05, 4.69) is 15.2 Å². The molecule has 0 saturated carbocycles. The van der Waals surface area contributed by atoms with E-state index in [9.17, 15) is 18.0 Å². The molecule has 3 aliphatic heterocycles. The van der Waals surface area contributed by atoms with Crippen LogP contribution in [0.1, 0.15) is 12.8 Å². The first-order valence-corrected chi connectivity index (χ1v) is 7.82. The molecule has 138 valence electrons. The molecule has 3 saturated heterocycles. The first-order chi connectivity index (χ1) is 10.9. The topological polar surface area (TPSA) is 66.0 Å². The van der Waals surface area contributed by atoms with Gasteiger partial charge in [-0.3, -0.25) is 9.79 Å². The highest BCUT2D eigenvalue weighted by Crippen LogP contribution is 2.47. The van der Waals surface area contributed by atoms with Crippen molar-refractivity contribution in [3.8, 4) is 0 Å². The number of carbonyl (C=O) groups is 1. The van der Waals surface area contributed by atoms with E-state index in [1.807, 2.05) is 5.32 Å². The molecular formula is C14H22F3IN4O2. The highest BCUT2D eigenvalue weighted by Gasteiger charge is 2.53. The standard InChI is InChI=1S/C14H21F3N4O2.HI/c1-18-13(19-4-12(22)20-7-14(15,16)17)21-5-8-9(6-21)11-3-2-10(8)23-11;/h8-11H,2-7H2,1H3,(H,18,19)(H,20,22);1H. The van der Waals surface area contributed by atoms with Gasteiger partial charge in [-0.05, 0) is 12.8 Å². The maximum atomic E-state index is 12.1. The van der Waals surface area contributed by atoms with Crippen LogP contribution >= 0.6 is 24.0 Å². The van der Waals surface area contributed by atoms with Gasteiger partial charge in [0.15, 0.2) is 5.96 Å². The summed E-state index contributed by atoms with van der Waals surface area (Å²) in [6.07, 6.45) is -1.55. The Bertz CT molecular complexity index is 485. The second kappa shape index (κ2) is 7.63. The molecule has 3 fully saturated rings. The molecule has 24 heavy (non-hydrogen) atoms. The van der Waals surface area contributed by atoms with Crippen LogP contribution in [0.2, 0.25) is 0 Å². The number of hydrogen-bond donors (Lipinski definition) is 2. The zero-order valence-corrected chi connectivity index (χ0v) is 15.6. The maximum absolute atomic E-state index is 12.1. The Balaban J connectivity index is 0.00000208. The Labute approximate surface area is 155 Å². The number of amides is 1. The third-order valence-corrected chi connectivity index (χ3v) is 4.86. The van der Waals surface area contributed by atoms with E-state index >= 15 is 0 Å². The molecule has 4 atom stereocenters. The predicted octanol–water partition coefficient (Wildman–Crippen LogP) is 0.968. The van der Waals surface area contributed by atoms with Crippen molar-refractivity contribution in [2.45, 2.75) is 31.2 Å². The van der Waals surface area contributed by atoms with Gasteiger partial charge in [0.25, 0.3) is 0 Å². The van der Waals surface area contributed by atoms with Gasteiger partial charge in [0.05, 0.1) is 18.8 Å². The molecular weight excluding hydrogens is 440 g/mol. The lowest BCUT2D eigenvalue weighted by Gasteiger charge is -2.23. The number of fused-ring (bicyclic) bond motifs is 5. The second-order valence-corrected chi connectivity index (χ2v) is 6.32. The molecule has 3 rings (SSSR count). The fraction of sp³-hybridized carbons (Fsp3) is 0.857. The van der Waals surface area contributed by atoms with Crippen LogP contribution in [-0.2, 0) is 9.53 Å². The van der Waals surface area contributed by atoms with Crippen molar-refractivity contribution in [2.75, 3.05) is 33.2 Å². The lowest BCUT2D eigenvalue weighted by molar-refractivity contribution is -0.137. The number of nitrogens with zero attached hydrogens (tertiary/aromatic N) is 2. The van der Waals surface area contributed by atoms with Gasteiger partial charge in [0.1, 0.15) is 6.54 Å². The Morgan fingerprint density at radius 3 is 2.29 bits per heavy atom.